The number of benzene rings is 1. The van der Waals surface area contributed by atoms with Gasteiger partial charge in [-0.1, -0.05) is 43.6 Å². The number of rotatable bonds is 6. The number of aliphatic hydroxyl groups is 1. The normalized spacial score (nSPS) is 12.2. The number of carbonyl (C=O) groups excluding carboxylic acids is 1. The number of nitrogens with one attached hydrogen (secondary N) is 1. The fraction of sp³-hybridized carbons (Fsp3) is 0.368. The van der Waals surface area contributed by atoms with Crippen LogP contribution in [0.4, 0.5) is 0 Å². The van der Waals surface area contributed by atoms with Gasteiger partial charge in [0.15, 0.2) is 0 Å². The van der Waals surface area contributed by atoms with Gasteiger partial charge >= 0.3 is 0 Å². The molecule has 0 fully saturated rings. The SMILES string of the molecule is Cc1ccc(C(C)C)nc1C(=O)NCC[C@H](O)c1ccc(Cl)cc1. The Morgan fingerprint density at radius 1 is 1.21 bits per heavy atom. The van der Waals surface area contributed by atoms with E-state index in [1.165, 1.54) is 0 Å². The van der Waals surface area contributed by atoms with E-state index >= 15 is 0 Å². The van der Waals surface area contributed by atoms with E-state index in [9.17, 15) is 9.90 Å². The summed E-state index contributed by atoms with van der Waals surface area (Å²) in [4.78, 5) is 16.8. The first-order valence-electron chi connectivity index (χ1n) is 8.07. The molecule has 5 heteroatoms. The fourth-order valence-electron chi connectivity index (χ4n) is 2.35. The second kappa shape index (κ2) is 8.27. The average Bonchev–Trinajstić information content (AvgIpc) is 2.55. The van der Waals surface area contributed by atoms with Crippen molar-refractivity contribution < 1.29 is 9.90 Å². The summed E-state index contributed by atoms with van der Waals surface area (Å²) in [7, 11) is 0. The van der Waals surface area contributed by atoms with E-state index in [2.05, 4.69) is 10.3 Å². The first-order valence-corrected chi connectivity index (χ1v) is 8.45. The number of amides is 1. The summed E-state index contributed by atoms with van der Waals surface area (Å²) in [6.45, 7) is 6.33. The molecule has 0 saturated heterocycles. The summed E-state index contributed by atoms with van der Waals surface area (Å²) in [6.07, 6.45) is -0.213. The van der Waals surface area contributed by atoms with Crippen LogP contribution in [0.15, 0.2) is 36.4 Å². The van der Waals surface area contributed by atoms with Gasteiger partial charge in [0.05, 0.1) is 6.10 Å². The molecule has 1 aromatic carbocycles. The fourth-order valence-corrected chi connectivity index (χ4v) is 2.48. The van der Waals surface area contributed by atoms with Crippen molar-refractivity contribution in [2.75, 3.05) is 6.54 Å². The quantitative estimate of drug-likeness (QED) is 0.830. The first-order chi connectivity index (χ1) is 11.4. The van der Waals surface area contributed by atoms with Crippen LogP contribution in [0.3, 0.4) is 0 Å². The summed E-state index contributed by atoms with van der Waals surface area (Å²) in [6, 6.07) is 10.9. The zero-order chi connectivity index (χ0) is 17.7. The monoisotopic (exact) mass is 346 g/mol. The largest absolute Gasteiger partial charge is 0.388 e. The standard InChI is InChI=1S/C19H23ClN2O2/c1-12(2)16-9-4-13(3)18(22-16)19(24)21-11-10-17(23)14-5-7-15(20)8-6-14/h4-9,12,17,23H,10-11H2,1-3H3,(H,21,24)/t17-/m0/s1. The highest BCUT2D eigenvalue weighted by atomic mass is 35.5. The summed E-state index contributed by atoms with van der Waals surface area (Å²) in [5.74, 6) is 0.0576. The van der Waals surface area contributed by atoms with Crippen molar-refractivity contribution in [2.24, 2.45) is 0 Å². The summed E-state index contributed by atoms with van der Waals surface area (Å²) >= 11 is 5.83. The van der Waals surface area contributed by atoms with Crippen molar-refractivity contribution in [3.05, 3.63) is 63.9 Å². The van der Waals surface area contributed by atoms with Crippen molar-refractivity contribution in [1.29, 1.82) is 0 Å². The maximum atomic E-state index is 12.3. The molecule has 128 valence electrons. The number of nitrogens with zero attached hydrogens (tertiary/aromatic N) is 1. The van der Waals surface area contributed by atoms with Gasteiger partial charge < -0.3 is 10.4 Å². The van der Waals surface area contributed by atoms with Crippen LogP contribution in [-0.4, -0.2) is 22.5 Å². The number of pyridine rings is 1. The van der Waals surface area contributed by atoms with Gasteiger partial charge in [0.25, 0.3) is 5.91 Å². The lowest BCUT2D eigenvalue weighted by Gasteiger charge is -2.13. The minimum absolute atomic E-state index is 0.210. The highest BCUT2D eigenvalue weighted by molar-refractivity contribution is 6.30. The van der Waals surface area contributed by atoms with Gasteiger partial charge in [-0.2, -0.15) is 0 Å². The second-order valence-corrected chi connectivity index (χ2v) is 6.60. The van der Waals surface area contributed by atoms with Crippen LogP contribution >= 0.6 is 11.6 Å². The second-order valence-electron chi connectivity index (χ2n) is 6.17. The third-order valence-corrected chi connectivity index (χ3v) is 4.14. The molecule has 24 heavy (non-hydrogen) atoms. The molecule has 0 unspecified atom stereocenters. The van der Waals surface area contributed by atoms with Crippen LogP contribution in [0.2, 0.25) is 5.02 Å². The molecule has 2 N–H and O–H groups in total. The number of aryl methyl sites for hydroxylation is 1. The molecule has 0 bridgehead atoms. The van der Waals surface area contributed by atoms with Crippen LogP contribution < -0.4 is 5.32 Å². The van der Waals surface area contributed by atoms with Gasteiger partial charge in [0.1, 0.15) is 5.69 Å². The molecule has 1 atom stereocenters. The molecule has 1 heterocycles. The zero-order valence-electron chi connectivity index (χ0n) is 14.2. The predicted molar refractivity (Wildman–Crippen MR) is 96.4 cm³/mol. The van der Waals surface area contributed by atoms with Crippen LogP contribution in [0, 0.1) is 6.92 Å². The topological polar surface area (TPSA) is 62.2 Å². The van der Waals surface area contributed by atoms with Gasteiger partial charge in [0, 0.05) is 17.3 Å². The Bertz CT molecular complexity index is 699. The van der Waals surface area contributed by atoms with Crippen molar-refractivity contribution in [3.63, 3.8) is 0 Å². The highest BCUT2D eigenvalue weighted by Crippen LogP contribution is 2.19. The number of hydrogen-bond acceptors (Lipinski definition) is 3. The van der Waals surface area contributed by atoms with Gasteiger partial charge in [-0.05, 0) is 48.6 Å². The van der Waals surface area contributed by atoms with Gasteiger partial charge in [0.2, 0.25) is 0 Å². The van der Waals surface area contributed by atoms with E-state index in [-0.39, 0.29) is 11.8 Å². The van der Waals surface area contributed by atoms with Crippen LogP contribution in [0.5, 0.6) is 0 Å². The Balaban J connectivity index is 1.93. The lowest BCUT2D eigenvalue weighted by atomic mass is 10.1. The Labute approximate surface area is 147 Å². The van der Waals surface area contributed by atoms with Crippen molar-refractivity contribution in [1.82, 2.24) is 10.3 Å². The highest BCUT2D eigenvalue weighted by Gasteiger charge is 2.14. The van der Waals surface area contributed by atoms with Gasteiger partial charge in [-0.25, -0.2) is 4.98 Å². The molecule has 1 aromatic heterocycles. The molecule has 0 aliphatic carbocycles. The Morgan fingerprint density at radius 3 is 2.50 bits per heavy atom. The maximum Gasteiger partial charge on any atom is 0.270 e. The van der Waals surface area contributed by atoms with Crippen molar-refractivity contribution in [3.8, 4) is 0 Å². The van der Waals surface area contributed by atoms with Gasteiger partial charge in [-0.3, -0.25) is 4.79 Å². The van der Waals surface area contributed by atoms with E-state index in [1.54, 1.807) is 24.3 Å². The van der Waals surface area contributed by atoms with Crippen LogP contribution in [-0.2, 0) is 0 Å². The number of hydrogen-bond donors (Lipinski definition) is 2. The molecule has 2 aromatic rings. The summed E-state index contributed by atoms with van der Waals surface area (Å²) < 4.78 is 0. The first kappa shape index (κ1) is 18.4. The Hall–Kier alpha value is -1.91. The van der Waals surface area contributed by atoms with Crippen LogP contribution in [0.25, 0.3) is 0 Å². The molecule has 0 spiro atoms. The summed E-state index contributed by atoms with van der Waals surface area (Å²) in [5.41, 5.74) is 2.97. The van der Waals surface area contributed by atoms with E-state index in [0.29, 0.717) is 23.7 Å². The number of aliphatic hydroxyl groups excluding tert-OH is 1. The molecular weight excluding hydrogens is 324 g/mol. The van der Waals surface area contributed by atoms with E-state index in [4.69, 9.17) is 11.6 Å². The average molecular weight is 347 g/mol. The molecular formula is C19H23ClN2O2. The Morgan fingerprint density at radius 2 is 1.88 bits per heavy atom. The minimum atomic E-state index is -0.640. The van der Waals surface area contributed by atoms with Crippen molar-refractivity contribution >= 4 is 17.5 Å². The number of carbonyl (C=O) groups is 1. The molecule has 1 amide bonds. The third kappa shape index (κ3) is 4.79. The Kier molecular flexibility index (Phi) is 6.35. The molecule has 0 aliphatic heterocycles. The third-order valence-electron chi connectivity index (χ3n) is 3.88. The molecule has 4 nitrogen and oxygen atoms in total. The zero-order valence-corrected chi connectivity index (χ0v) is 15.0. The van der Waals surface area contributed by atoms with E-state index < -0.39 is 6.10 Å². The predicted octanol–water partition coefficient (Wildman–Crippen LogP) is 4.02. The van der Waals surface area contributed by atoms with Crippen LogP contribution in [0.1, 0.15) is 59.6 Å². The van der Waals surface area contributed by atoms with E-state index in [0.717, 1.165) is 16.8 Å². The molecule has 0 radical (unpaired) electrons. The van der Waals surface area contributed by atoms with E-state index in [1.807, 2.05) is 32.9 Å². The number of aromatic nitrogens is 1. The van der Waals surface area contributed by atoms with Gasteiger partial charge in [-0.15, -0.1) is 0 Å². The smallest absolute Gasteiger partial charge is 0.270 e. The maximum absolute atomic E-state index is 12.3. The minimum Gasteiger partial charge on any atom is -0.388 e. The lowest BCUT2D eigenvalue weighted by molar-refractivity contribution is 0.0936. The molecule has 2 rings (SSSR count). The number of halogens is 1. The summed E-state index contributed by atoms with van der Waals surface area (Å²) in [5, 5.41) is 13.6. The molecule has 0 saturated carbocycles. The van der Waals surface area contributed by atoms with Crippen molar-refractivity contribution in [2.45, 2.75) is 39.2 Å². The molecule has 0 aliphatic rings. The lowest BCUT2D eigenvalue weighted by Crippen LogP contribution is -2.27.